The first kappa shape index (κ1) is 12.5. The summed E-state index contributed by atoms with van der Waals surface area (Å²) in [5, 5.41) is 0.937. The maximum absolute atomic E-state index is 5.53. The van der Waals surface area contributed by atoms with E-state index in [0.717, 1.165) is 20.8 Å². The average molecular weight is 310 g/mol. The van der Waals surface area contributed by atoms with Crippen LogP contribution in [0.4, 0.5) is 0 Å². The molecule has 0 amide bonds. The molecule has 0 aliphatic carbocycles. The van der Waals surface area contributed by atoms with Crippen LogP contribution in [0.3, 0.4) is 0 Å². The Labute approximate surface area is 113 Å². The van der Waals surface area contributed by atoms with Crippen molar-refractivity contribution in [2.24, 2.45) is 5.73 Å². The Morgan fingerprint density at radius 1 is 1.29 bits per heavy atom. The molecule has 1 aromatic carbocycles. The molecular weight excluding hydrogens is 298 g/mol. The minimum Gasteiger partial charge on any atom is -0.330 e. The molecule has 0 unspecified atom stereocenters. The number of halogens is 1. The molecule has 88 valence electrons. The van der Waals surface area contributed by atoms with Gasteiger partial charge in [0.05, 0.1) is 0 Å². The minimum atomic E-state index is 0.671. The molecular formula is C12H12BrN3S. The fourth-order valence-electron chi connectivity index (χ4n) is 1.40. The number of benzene rings is 1. The molecule has 2 rings (SSSR count). The van der Waals surface area contributed by atoms with Gasteiger partial charge in [0.25, 0.3) is 0 Å². The Kier molecular flexibility index (Phi) is 4.53. The summed E-state index contributed by atoms with van der Waals surface area (Å²) >= 11 is 5.18. The number of hydrogen-bond acceptors (Lipinski definition) is 4. The van der Waals surface area contributed by atoms with Crippen molar-refractivity contribution in [3.63, 3.8) is 0 Å². The van der Waals surface area contributed by atoms with Gasteiger partial charge >= 0.3 is 0 Å². The molecule has 5 heteroatoms. The van der Waals surface area contributed by atoms with Crippen LogP contribution in [-0.4, -0.2) is 16.5 Å². The first-order valence-corrected chi connectivity index (χ1v) is 6.83. The molecule has 3 nitrogen and oxygen atoms in total. The third-order valence-corrected chi connectivity index (χ3v) is 4.14. The maximum Gasteiger partial charge on any atom is 0.116 e. The summed E-state index contributed by atoms with van der Waals surface area (Å²) in [6.45, 7) is 0.671. The van der Waals surface area contributed by atoms with Crippen LogP contribution in [0.25, 0.3) is 0 Å². The van der Waals surface area contributed by atoms with Crippen molar-refractivity contribution in [3.8, 4) is 0 Å². The second-order valence-corrected chi connectivity index (χ2v) is 5.37. The van der Waals surface area contributed by atoms with Crippen molar-refractivity contribution in [2.75, 3.05) is 6.54 Å². The highest BCUT2D eigenvalue weighted by molar-refractivity contribution is 9.10. The lowest BCUT2D eigenvalue weighted by atomic mass is 10.2. The third kappa shape index (κ3) is 3.52. The standard InChI is InChI=1S/C12H12BrN3S/c13-10-7-9(3-5-14)1-2-11(10)17-12-4-6-15-8-16-12/h1-2,4,6-8H,3,5,14H2. The topological polar surface area (TPSA) is 51.8 Å². The molecule has 2 N–H and O–H groups in total. The molecule has 2 aromatic rings. The summed E-state index contributed by atoms with van der Waals surface area (Å²) in [6.07, 6.45) is 4.20. The molecule has 0 saturated heterocycles. The average Bonchev–Trinajstić information content (AvgIpc) is 2.34. The van der Waals surface area contributed by atoms with E-state index in [-0.39, 0.29) is 0 Å². The Hall–Kier alpha value is -0.910. The van der Waals surface area contributed by atoms with Crippen LogP contribution in [0, 0.1) is 0 Å². The molecule has 0 saturated carbocycles. The van der Waals surface area contributed by atoms with Gasteiger partial charge < -0.3 is 5.73 Å². The maximum atomic E-state index is 5.53. The van der Waals surface area contributed by atoms with Gasteiger partial charge in [-0.2, -0.15) is 0 Å². The van der Waals surface area contributed by atoms with Crippen LogP contribution in [0.2, 0.25) is 0 Å². The van der Waals surface area contributed by atoms with E-state index in [1.165, 1.54) is 5.56 Å². The van der Waals surface area contributed by atoms with E-state index in [1.54, 1.807) is 24.3 Å². The van der Waals surface area contributed by atoms with Gasteiger partial charge in [0.2, 0.25) is 0 Å². The van der Waals surface area contributed by atoms with Gasteiger partial charge in [-0.15, -0.1) is 0 Å². The molecule has 1 aromatic heterocycles. The van der Waals surface area contributed by atoms with Crippen LogP contribution >= 0.6 is 27.7 Å². The van der Waals surface area contributed by atoms with E-state index in [1.807, 2.05) is 6.07 Å². The van der Waals surface area contributed by atoms with Gasteiger partial charge in [0.1, 0.15) is 11.4 Å². The Morgan fingerprint density at radius 3 is 2.82 bits per heavy atom. The summed E-state index contributed by atoms with van der Waals surface area (Å²) in [6, 6.07) is 8.18. The van der Waals surface area contributed by atoms with Crippen LogP contribution in [0.15, 0.2) is 51.2 Å². The highest BCUT2D eigenvalue weighted by Gasteiger charge is 2.04. The zero-order valence-electron chi connectivity index (χ0n) is 9.14. The van der Waals surface area contributed by atoms with Crippen molar-refractivity contribution in [1.29, 1.82) is 0 Å². The number of nitrogens with zero attached hydrogens (tertiary/aromatic N) is 2. The number of aromatic nitrogens is 2. The van der Waals surface area contributed by atoms with Crippen molar-refractivity contribution in [2.45, 2.75) is 16.3 Å². The molecule has 0 bridgehead atoms. The molecule has 0 fully saturated rings. The highest BCUT2D eigenvalue weighted by atomic mass is 79.9. The number of rotatable bonds is 4. The predicted molar refractivity (Wildman–Crippen MR) is 73.1 cm³/mol. The van der Waals surface area contributed by atoms with E-state index in [4.69, 9.17) is 5.73 Å². The Morgan fingerprint density at radius 2 is 2.18 bits per heavy atom. The summed E-state index contributed by atoms with van der Waals surface area (Å²) in [7, 11) is 0. The lowest BCUT2D eigenvalue weighted by Crippen LogP contribution is -2.02. The van der Waals surface area contributed by atoms with Gasteiger partial charge in [-0.3, -0.25) is 0 Å². The van der Waals surface area contributed by atoms with Gasteiger partial charge in [-0.25, -0.2) is 9.97 Å². The van der Waals surface area contributed by atoms with E-state index >= 15 is 0 Å². The molecule has 0 atom stereocenters. The molecule has 17 heavy (non-hydrogen) atoms. The smallest absolute Gasteiger partial charge is 0.116 e. The van der Waals surface area contributed by atoms with Gasteiger partial charge in [0, 0.05) is 15.6 Å². The zero-order chi connectivity index (χ0) is 12.1. The molecule has 0 aliphatic rings. The lowest BCUT2D eigenvalue weighted by molar-refractivity contribution is 0.964. The van der Waals surface area contributed by atoms with Crippen LogP contribution < -0.4 is 5.73 Å². The quantitative estimate of drug-likeness (QED) is 0.882. The fourth-order valence-corrected chi connectivity index (χ4v) is 2.82. The minimum absolute atomic E-state index is 0.671. The van der Waals surface area contributed by atoms with Gasteiger partial charge in [0.15, 0.2) is 0 Å². The second-order valence-electron chi connectivity index (χ2n) is 3.45. The highest BCUT2D eigenvalue weighted by Crippen LogP contribution is 2.32. The zero-order valence-corrected chi connectivity index (χ0v) is 11.5. The summed E-state index contributed by atoms with van der Waals surface area (Å²) in [4.78, 5) is 9.23. The number of nitrogens with two attached hydrogens (primary N) is 1. The van der Waals surface area contributed by atoms with Crippen LogP contribution in [-0.2, 0) is 6.42 Å². The Balaban J connectivity index is 2.17. The van der Waals surface area contributed by atoms with E-state index in [0.29, 0.717) is 6.54 Å². The fraction of sp³-hybridized carbons (Fsp3) is 0.167. The molecule has 0 spiro atoms. The van der Waals surface area contributed by atoms with E-state index in [9.17, 15) is 0 Å². The summed E-state index contributed by atoms with van der Waals surface area (Å²) in [5.41, 5.74) is 6.78. The van der Waals surface area contributed by atoms with Crippen LogP contribution in [0.1, 0.15) is 5.56 Å². The summed E-state index contributed by atoms with van der Waals surface area (Å²) < 4.78 is 1.08. The second kappa shape index (κ2) is 6.14. The predicted octanol–water partition coefficient (Wildman–Crippen LogP) is 2.89. The first-order valence-electron chi connectivity index (χ1n) is 5.22. The van der Waals surface area contributed by atoms with E-state index in [2.05, 4.69) is 44.1 Å². The first-order chi connectivity index (χ1) is 8.29. The normalized spacial score (nSPS) is 10.5. The Bertz CT molecular complexity index is 490. The van der Waals surface area contributed by atoms with Crippen molar-refractivity contribution in [3.05, 3.63) is 46.8 Å². The monoisotopic (exact) mass is 309 g/mol. The molecule has 0 radical (unpaired) electrons. The molecule has 0 aliphatic heterocycles. The third-order valence-electron chi connectivity index (χ3n) is 2.20. The van der Waals surface area contributed by atoms with Gasteiger partial charge in [-0.05, 0) is 52.7 Å². The van der Waals surface area contributed by atoms with Crippen LogP contribution in [0.5, 0.6) is 0 Å². The van der Waals surface area contributed by atoms with Crippen molar-refractivity contribution in [1.82, 2.24) is 9.97 Å². The van der Waals surface area contributed by atoms with Crippen molar-refractivity contribution >= 4 is 27.7 Å². The lowest BCUT2D eigenvalue weighted by Gasteiger charge is -2.06. The largest absolute Gasteiger partial charge is 0.330 e. The van der Waals surface area contributed by atoms with Gasteiger partial charge in [-0.1, -0.05) is 17.8 Å². The van der Waals surface area contributed by atoms with E-state index < -0.39 is 0 Å². The summed E-state index contributed by atoms with van der Waals surface area (Å²) in [5.74, 6) is 0. The van der Waals surface area contributed by atoms with Crippen molar-refractivity contribution < 1.29 is 0 Å². The number of hydrogen-bond donors (Lipinski definition) is 1. The molecule has 1 heterocycles. The SMILES string of the molecule is NCCc1ccc(Sc2ccncn2)c(Br)c1.